The van der Waals surface area contributed by atoms with Crippen LogP contribution < -0.4 is 0 Å². The summed E-state index contributed by atoms with van der Waals surface area (Å²) in [5.41, 5.74) is 1.42. The molecule has 0 saturated carbocycles. The first-order valence-electron chi connectivity index (χ1n) is 3.84. The van der Waals surface area contributed by atoms with Crippen molar-refractivity contribution >= 4 is 9.47 Å². The number of hydrogen-bond donors (Lipinski definition) is 0. The minimum atomic E-state index is 0.770. The molecule has 2 heteroatoms. The van der Waals surface area contributed by atoms with Gasteiger partial charge in [0.1, 0.15) is 0 Å². The van der Waals surface area contributed by atoms with Crippen LogP contribution in [-0.2, 0) is 4.52 Å². The Bertz CT molecular complexity index is 91.4. The summed E-state index contributed by atoms with van der Waals surface area (Å²) in [5.74, 6) is 0. The molecule has 0 spiro atoms. The molecule has 1 unspecified atom stereocenters. The molecule has 60 valence electrons. The molecule has 0 aliphatic carbocycles. The second kappa shape index (κ2) is 7.24. The van der Waals surface area contributed by atoms with Crippen molar-refractivity contribution in [2.24, 2.45) is 0 Å². The van der Waals surface area contributed by atoms with Crippen LogP contribution in [0.15, 0.2) is 11.6 Å². The number of rotatable bonds is 5. The molecular weight excluding hydrogens is 143 g/mol. The molecule has 1 nitrogen and oxygen atoms in total. The molecular formula is C8H17OP. The van der Waals surface area contributed by atoms with Gasteiger partial charge in [-0.15, -0.1) is 0 Å². The molecule has 0 N–H and O–H groups in total. The molecule has 1 atom stereocenters. The van der Waals surface area contributed by atoms with Gasteiger partial charge < -0.3 is 4.52 Å². The zero-order valence-electron chi connectivity index (χ0n) is 6.89. The summed E-state index contributed by atoms with van der Waals surface area (Å²) in [6, 6.07) is 0. The highest BCUT2D eigenvalue weighted by Gasteiger charge is 1.92. The summed E-state index contributed by atoms with van der Waals surface area (Å²) in [6.07, 6.45) is 5.74. The molecule has 0 aromatic heterocycles. The van der Waals surface area contributed by atoms with Crippen LogP contribution in [0.1, 0.15) is 33.1 Å². The number of allylic oxidation sites excluding steroid dienone is 1. The van der Waals surface area contributed by atoms with Crippen LogP contribution in [-0.4, -0.2) is 6.61 Å². The van der Waals surface area contributed by atoms with E-state index in [9.17, 15) is 0 Å². The van der Waals surface area contributed by atoms with E-state index in [-0.39, 0.29) is 0 Å². The molecule has 0 aromatic rings. The first-order valence-corrected chi connectivity index (χ1v) is 4.31. The summed E-state index contributed by atoms with van der Waals surface area (Å²) in [7, 11) is 2.28. The van der Waals surface area contributed by atoms with Gasteiger partial charge in [0.25, 0.3) is 0 Å². The number of hydrogen-bond acceptors (Lipinski definition) is 1. The predicted octanol–water partition coefficient (Wildman–Crippen LogP) is 2.93. The smallest absolute Gasteiger partial charge is 0.0712 e. The second-order valence-electron chi connectivity index (χ2n) is 2.33. The van der Waals surface area contributed by atoms with Gasteiger partial charge in [0.2, 0.25) is 0 Å². The summed E-state index contributed by atoms with van der Waals surface area (Å²) in [6.45, 7) is 5.11. The van der Waals surface area contributed by atoms with Gasteiger partial charge >= 0.3 is 0 Å². The van der Waals surface area contributed by atoms with E-state index in [1.807, 2.05) is 0 Å². The van der Waals surface area contributed by atoms with Crippen molar-refractivity contribution in [3.05, 3.63) is 11.6 Å². The van der Waals surface area contributed by atoms with Crippen LogP contribution in [0.25, 0.3) is 0 Å². The third-order valence-electron chi connectivity index (χ3n) is 1.33. The molecule has 0 rings (SSSR count). The molecule has 0 bridgehead atoms. The lowest BCUT2D eigenvalue weighted by Crippen LogP contribution is -1.90. The predicted molar refractivity (Wildman–Crippen MR) is 48.9 cm³/mol. The van der Waals surface area contributed by atoms with E-state index in [0.717, 1.165) is 13.0 Å². The fourth-order valence-electron chi connectivity index (χ4n) is 0.950. The monoisotopic (exact) mass is 160 g/mol. The molecule has 0 aromatic carbocycles. The van der Waals surface area contributed by atoms with E-state index in [2.05, 4.69) is 29.4 Å². The van der Waals surface area contributed by atoms with Crippen molar-refractivity contribution in [3.63, 3.8) is 0 Å². The summed E-state index contributed by atoms with van der Waals surface area (Å²) >= 11 is 0. The molecule has 0 aliphatic rings. The van der Waals surface area contributed by atoms with Crippen molar-refractivity contribution in [2.75, 3.05) is 6.61 Å². The standard InChI is InChI=1S/C8H17OP/c1-3-5-8(6-4-2)7-9-10/h5H,3-4,6-7,10H2,1-2H3/b8-5-. The Kier molecular flexibility index (Phi) is 7.33. The molecule has 0 aliphatic heterocycles. The first kappa shape index (κ1) is 10.1. The lowest BCUT2D eigenvalue weighted by atomic mass is 10.1. The fourth-order valence-corrected chi connectivity index (χ4v) is 1.16. The summed E-state index contributed by atoms with van der Waals surface area (Å²) in [5, 5.41) is 0. The lowest BCUT2D eigenvalue weighted by molar-refractivity contribution is 0.406. The lowest BCUT2D eigenvalue weighted by Gasteiger charge is -2.02. The fraction of sp³-hybridized carbons (Fsp3) is 0.750. The highest BCUT2D eigenvalue weighted by molar-refractivity contribution is 7.09. The SMILES string of the molecule is CC/C=C(/CCC)COP. The van der Waals surface area contributed by atoms with Crippen molar-refractivity contribution in [2.45, 2.75) is 33.1 Å². The quantitative estimate of drug-likeness (QED) is 0.444. The van der Waals surface area contributed by atoms with Gasteiger partial charge in [-0.05, 0) is 18.4 Å². The van der Waals surface area contributed by atoms with E-state index < -0.39 is 0 Å². The van der Waals surface area contributed by atoms with E-state index in [1.54, 1.807) is 0 Å². The minimum absolute atomic E-state index is 0.770. The van der Waals surface area contributed by atoms with E-state index in [1.165, 1.54) is 18.4 Å². The van der Waals surface area contributed by atoms with E-state index >= 15 is 0 Å². The van der Waals surface area contributed by atoms with Crippen LogP contribution in [0.4, 0.5) is 0 Å². The highest BCUT2D eigenvalue weighted by atomic mass is 31.0. The Hall–Kier alpha value is 0.130. The third kappa shape index (κ3) is 4.96. The van der Waals surface area contributed by atoms with Gasteiger partial charge in [0.15, 0.2) is 0 Å². The van der Waals surface area contributed by atoms with Gasteiger partial charge in [0.05, 0.1) is 6.61 Å². The summed E-state index contributed by atoms with van der Waals surface area (Å²) < 4.78 is 4.96. The second-order valence-corrected chi connectivity index (χ2v) is 2.66. The van der Waals surface area contributed by atoms with Crippen molar-refractivity contribution in [1.82, 2.24) is 0 Å². The van der Waals surface area contributed by atoms with Crippen molar-refractivity contribution in [3.8, 4) is 0 Å². The van der Waals surface area contributed by atoms with Crippen LogP contribution in [0.3, 0.4) is 0 Å². The first-order chi connectivity index (χ1) is 4.85. The van der Waals surface area contributed by atoms with Crippen molar-refractivity contribution in [1.29, 1.82) is 0 Å². The third-order valence-corrected chi connectivity index (χ3v) is 1.50. The maximum absolute atomic E-state index is 4.96. The normalized spacial score (nSPS) is 12.1. The average Bonchev–Trinajstić information content (AvgIpc) is 1.90. The molecule has 0 amide bonds. The Morgan fingerprint density at radius 2 is 2.20 bits per heavy atom. The molecule has 0 heterocycles. The minimum Gasteiger partial charge on any atom is -0.361 e. The Balaban J connectivity index is 3.60. The van der Waals surface area contributed by atoms with Crippen molar-refractivity contribution < 1.29 is 4.52 Å². The topological polar surface area (TPSA) is 9.23 Å². The van der Waals surface area contributed by atoms with Crippen LogP contribution in [0.5, 0.6) is 0 Å². The Morgan fingerprint density at radius 1 is 1.50 bits per heavy atom. The van der Waals surface area contributed by atoms with Gasteiger partial charge in [0, 0.05) is 9.47 Å². The van der Waals surface area contributed by atoms with Crippen LogP contribution in [0, 0.1) is 0 Å². The zero-order valence-corrected chi connectivity index (χ0v) is 8.05. The van der Waals surface area contributed by atoms with Gasteiger partial charge in [-0.2, -0.15) is 0 Å². The van der Waals surface area contributed by atoms with Gasteiger partial charge in [-0.1, -0.05) is 26.3 Å². The maximum Gasteiger partial charge on any atom is 0.0712 e. The van der Waals surface area contributed by atoms with E-state index in [0.29, 0.717) is 0 Å². The van der Waals surface area contributed by atoms with E-state index in [4.69, 9.17) is 4.52 Å². The van der Waals surface area contributed by atoms with Crippen LogP contribution >= 0.6 is 9.47 Å². The Morgan fingerprint density at radius 3 is 2.60 bits per heavy atom. The maximum atomic E-state index is 4.96. The average molecular weight is 160 g/mol. The van der Waals surface area contributed by atoms with Gasteiger partial charge in [-0.25, -0.2) is 0 Å². The Labute approximate surface area is 66.1 Å². The molecule has 0 radical (unpaired) electrons. The van der Waals surface area contributed by atoms with Crippen LogP contribution in [0.2, 0.25) is 0 Å². The summed E-state index contributed by atoms with van der Waals surface area (Å²) in [4.78, 5) is 0. The molecule has 10 heavy (non-hydrogen) atoms. The highest BCUT2D eigenvalue weighted by Crippen LogP contribution is 2.07. The molecule has 0 saturated heterocycles. The largest absolute Gasteiger partial charge is 0.361 e. The zero-order chi connectivity index (χ0) is 7.82. The molecule has 0 fully saturated rings. The van der Waals surface area contributed by atoms with Gasteiger partial charge in [-0.3, -0.25) is 0 Å².